The molecule has 0 unspecified atom stereocenters. The standard InChI is InChI=1S/C27H36N2O2S/c1-19(2)24-17-32-18-25(24)23-15-27(3,4)10-9-21(23)16-28-11-13-29(14-12-28)22-7-5-20(6-8-22)26(30)31/h5-8,17-19H,9-16H2,1-4H3,(H,30,31). The molecule has 0 amide bonds. The van der Waals surface area contributed by atoms with Gasteiger partial charge >= 0.3 is 5.97 Å². The van der Waals surface area contributed by atoms with Crippen molar-refractivity contribution in [3.8, 4) is 0 Å². The van der Waals surface area contributed by atoms with Gasteiger partial charge in [0.15, 0.2) is 0 Å². The van der Waals surface area contributed by atoms with Gasteiger partial charge in [0.05, 0.1) is 5.56 Å². The fourth-order valence-corrected chi connectivity index (χ4v) is 6.07. The van der Waals surface area contributed by atoms with Gasteiger partial charge in [-0.1, -0.05) is 33.3 Å². The number of benzene rings is 1. The molecule has 2 aromatic rings. The predicted molar refractivity (Wildman–Crippen MR) is 135 cm³/mol. The third-order valence-electron chi connectivity index (χ3n) is 7.09. The number of nitrogens with zero attached hydrogens (tertiary/aromatic N) is 2. The van der Waals surface area contributed by atoms with Gasteiger partial charge in [0.1, 0.15) is 0 Å². The van der Waals surface area contributed by atoms with E-state index in [1.807, 2.05) is 23.5 Å². The summed E-state index contributed by atoms with van der Waals surface area (Å²) in [6.45, 7) is 14.6. The first-order valence-electron chi connectivity index (χ1n) is 11.8. The average molecular weight is 453 g/mol. The van der Waals surface area contributed by atoms with E-state index in [1.54, 1.807) is 23.3 Å². The van der Waals surface area contributed by atoms with Gasteiger partial charge in [-0.25, -0.2) is 4.79 Å². The lowest BCUT2D eigenvalue weighted by Crippen LogP contribution is -2.47. The lowest BCUT2D eigenvalue weighted by molar-refractivity contribution is 0.0697. The van der Waals surface area contributed by atoms with E-state index in [2.05, 4.69) is 48.3 Å². The van der Waals surface area contributed by atoms with Crippen molar-refractivity contribution in [3.05, 3.63) is 57.3 Å². The molecule has 32 heavy (non-hydrogen) atoms. The molecule has 1 N–H and O–H groups in total. The Kier molecular flexibility index (Phi) is 6.78. The number of carboxylic acids is 1. The third-order valence-corrected chi connectivity index (χ3v) is 7.85. The maximum absolute atomic E-state index is 11.1. The minimum Gasteiger partial charge on any atom is -0.478 e. The molecular weight excluding hydrogens is 416 g/mol. The van der Waals surface area contributed by atoms with Crippen LogP contribution in [-0.2, 0) is 0 Å². The molecule has 0 atom stereocenters. The lowest BCUT2D eigenvalue weighted by atomic mass is 9.72. The van der Waals surface area contributed by atoms with Gasteiger partial charge in [-0.05, 0) is 82.3 Å². The molecule has 1 saturated heterocycles. The second kappa shape index (κ2) is 9.40. The summed E-state index contributed by atoms with van der Waals surface area (Å²) < 4.78 is 0. The minimum atomic E-state index is -0.868. The number of hydrogen-bond acceptors (Lipinski definition) is 4. The molecule has 4 rings (SSSR count). The normalized spacial score (nSPS) is 19.6. The van der Waals surface area contributed by atoms with Crippen molar-refractivity contribution in [2.24, 2.45) is 5.41 Å². The molecule has 0 radical (unpaired) electrons. The number of rotatable bonds is 6. The number of hydrogen-bond donors (Lipinski definition) is 1. The van der Waals surface area contributed by atoms with E-state index in [-0.39, 0.29) is 0 Å². The van der Waals surface area contributed by atoms with Crippen LogP contribution in [0.15, 0.2) is 40.6 Å². The van der Waals surface area contributed by atoms with Crippen LogP contribution in [0, 0.1) is 5.41 Å². The van der Waals surface area contributed by atoms with E-state index >= 15 is 0 Å². The van der Waals surface area contributed by atoms with Crippen molar-refractivity contribution >= 4 is 28.6 Å². The first kappa shape index (κ1) is 23.1. The third kappa shape index (κ3) is 5.10. The molecule has 172 valence electrons. The summed E-state index contributed by atoms with van der Waals surface area (Å²) in [5, 5.41) is 13.8. The lowest BCUT2D eigenvalue weighted by Gasteiger charge is -2.39. The van der Waals surface area contributed by atoms with Crippen LogP contribution in [0.25, 0.3) is 5.57 Å². The summed E-state index contributed by atoms with van der Waals surface area (Å²) in [5.74, 6) is -0.307. The zero-order chi connectivity index (χ0) is 22.9. The van der Waals surface area contributed by atoms with Crippen LogP contribution in [-0.4, -0.2) is 48.7 Å². The second-order valence-electron chi connectivity index (χ2n) is 10.4. The van der Waals surface area contributed by atoms with E-state index in [9.17, 15) is 4.79 Å². The first-order valence-corrected chi connectivity index (χ1v) is 12.8. The zero-order valence-electron chi connectivity index (χ0n) is 19.9. The van der Waals surface area contributed by atoms with Gasteiger partial charge in [-0.3, -0.25) is 4.90 Å². The van der Waals surface area contributed by atoms with Gasteiger partial charge in [0.25, 0.3) is 0 Å². The van der Waals surface area contributed by atoms with Crippen LogP contribution in [0.4, 0.5) is 5.69 Å². The van der Waals surface area contributed by atoms with Crippen LogP contribution in [0.5, 0.6) is 0 Å². The van der Waals surface area contributed by atoms with Gasteiger partial charge in [-0.15, -0.1) is 0 Å². The molecule has 2 aliphatic rings. The molecule has 0 bridgehead atoms. The number of aromatic carboxylic acids is 1. The first-order chi connectivity index (χ1) is 15.2. The van der Waals surface area contributed by atoms with Gasteiger partial charge in [0.2, 0.25) is 0 Å². The summed E-state index contributed by atoms with van der Waals surface area (Å²) in [5.41, 5.74) is 8.10. The maximum atomic E-state index is 11.1. The largest absolute Gasteiger partial charge is 0.478 e. The summed E-state index contributed by atoms with van der Waals surface area (Å²) in [6, 6.07) is 7.29. The monoisotopic (exact) mass is 452 g/mol. The van der Waals surface area contributed by atoms with E-state index in [0.29, 0.717) is 16.9 Å². The maximum Gasteiger partial charge on any atom is 0.335 e. The Balaban J connectivity index is 1.47. The highest BCUT2D eigenvalue weighted by Gasteiger charge is 2.30. The number of allylic oxidation sites excluding steroid dienone is 1. The Morgan fingerprint density at radius 3 is 2.41 bits per heavy atom. The Bertz CT molecular complexity index is 979. The summed E-state index contributed by atoms with van der Waals surface area (Å²) in [4.78, 5) is 16.1. The molecule has 1 aliphatic carbocycles. The molecule has 1 aliphatic heterocycles. The Labute approximate surface area is 196 Å². The quantitative estimate of drug-likeness (QED) is 0.554. The van der Waals surface area contributed by atoms with Crippen LogP contribution >= 0.6 is 11.3 Å². The minimum absolute atomic E-state index is 0.348. The smallest absolute Gasteiger partial charge is 0.335 e. The highest BCUT2D eigenvalue weighted by molar-refractivity contribution is 7.08. The molecule has 2 heterocycles. The molecule has 1 aromatic carbocycles. The number of piperazine rings is 1. The number of carbonyl (C=O) groups is 1. The SMILES string of the molecule is CC(C)c1cscc1C1=C(CN2CCN(c3ccc(C(=O)O)cc3)CC2)CCC(C)(C)C1. The van der Waals surface area contributed by atoms with Crippen LogP contribution in [0.2, 0.25) is 0 Å². The molecule has 4 nitrogen and oxygen atoms in total. The second-order valence-corrected chi connectivity index (χ2v) is 11.2. The number of anilines is 1. The molecular formula is C27H36N2O2S. The summed E-state index contributed by atoms with van der Waals surface area (Å²) in [6.07, 6.45) is 3.64. The summed E-state index contributed by atoms with van der Waals surface area (Å²) in [7, 11) is 0. The van der Waals surface area contributed by atoms with Gasteiger partial charge < -0.3 is 10.0 Å². The van der Waals surface area contributed by atoms with Crippen molar-refractivity contribution in [2.75, 3.05) is 37.6 Å². The van der Waals surface area contributed by atoms with Gasteiger partial charge in [-0.2, -0.15) is 11.3 Å². The van der Waals surface area contributed by atoms with Crippen molar-refractivity contribution in [1.29, 1.82) is 0 Å². The fraction of sp³-hybridized carbons (Fsp3) is 0.519. The summed E-state index contributed by atoms with van der Waals surface area (Å²) >= 11 is 1.85. The van der Waals surface area contributed by atoms with E-state index < -0.39 is 5.97 Å². The topological polar surface area (TPSA) is 43.8 Å². The highest BCUT2D eigenvalue weighted by atomic mass is 32.1. The van der Waals surface area contributed by atoms with Crippen molar-refractivity contribution < 1.29 is 9.90 Å². The van der Waals surface area contributed by atoms with Crippen molar-refractivity contribution in [1.82, 2.24) is 4.90 Å². The van der Waals surface area contributed by atoms with E-state index in [0.717, 1.165) is 38.4 Å². The van der Waals surface area contributed by atoms with Crippen molar-refractivity contribution in [3.63, 3.8) is 0 Å². The van der Waals surface area contributed by atoms with E-state index in [4.69, 9.17) is 5.11 Å². The molecule has 0 saturated carbocycles. The molecule has 0 spiro atoms. The highest BCUT2D eigenvalue weighted by Crippen LogP contribution is 2.45. The Morgan fingerprint density at radius 2 is 1.78 bits per heavy atom. The fourth-order valence-electron chi connectivity index (χ4n) is 5.04. The molecule has 5 heteroatoms. The van der Waals surface area contributed by atoms with Crippen LogP contribution in [0.3, 0.4) is 0 Å². The Morgan fingerprint density at radius 1 is 1.09 bits per heavy atom. The number of thiophene rings is 1. The number of carboxylic acid groups (broad SMARTS) is 1. The predicted octanol–water partition coefficient (Wildman–Crippen LogP) is 6.36. The average Bonchev–Trinajstić information content (AvgIpc) is 3.26. The zero-order valence-corrected chi connectivity index (χ0v) is 20.7. The van der Waals surface area contributed by atoms with Gasteiger partial charge in [0, 0.05) is 38.4 Å². The molecule has 1 fully saturated rings. The Hall–Kier alpha value is -2.11. The van der Waals surface area contributed by atoms with Crippen LogP contribution < -0.4 is 4.90 Å². The van der Waals surface area contributed by atoms with Crippen LogP contribution in [0.1, 0.15) is 74.4 Å². The van der Waals surface area contributed by atoms with E-state index in [1.165, 1.54) is 30.4 Å². The molecule has 1 aromatic heterocycles. The van der Waals surface area contributed by atoms with Crippen molar-refractivity contribution in [2.45, 2.75) is 52.9 Å².